The summed E-state index contributed by atoms with van der Waals surface area (Å²) in [4.78, 5) is 46.5. The molecule has 0 radical (unpaired) electrons. The number of halogens is 1. The number of rotatable bonds is 9. The third kappa shape index (κ3) is 5.77. The van der Waals surface area contributed by atoms with Crippen LogP contribution in [-0.4, -0.2) is 76.2 Å². The van der Waals surface area contributed by atoms with E-state index in [0.717, 1.165) is 0 Å². The molecule has 3 aromatic rings. The van der Waals surface area contributed by atoms with Gasteiger partial charge in [0, 0.05) is 31.1 Å². The molecule has 0 aliphatic carbocycles. The number of aliphatic hydroxyl groups excluding tert-OH is 1. The van der Waals surface area contributed by atoms with E-state index in [0.29, 0.717) is 40.8 Å². The van der Waals surface area contributed by atoms with Crippen molar-refractivity contribution >= 4 is 53.9 Å². The monoisotopic (exact) mass is 563 g/mol. The Morgan fingerprint density at radius 3 is 2.87 bits per heavy atom. The Kier molecular flexibility index (Phi) is 8.87. The number of thioether (sulfide) groups is 1. The van der Waals surface area contributed by atoms with Crippen LogP contribution in [0.25, 0.3) is 10.9 Å². The Hall–Kier alpha value is -3.20. The van der Waals surface area contributed by atoms with Gasteiger partial charge in [-0.25, -0.2) is 19.2 Å². The highest BCUT2D eigenvalue weighted by Crippen LogP contribution is 2.29. The molecule has 0 unspecified atom stereocenters. The smallest absolute Gasteiger partial charge is 0.416 e. The Labute approximate surface area is 227 Å². The number of ether oxygens (including phenoxy) is 2. The highest BCUT2D eigenvalue weighted by molar-refractivity contribution is 8.00. The Morgan fingerprint density at radius 1 is 1.24 bits per heavy atom. The van der Waals surface area contributed by atoms with Crippen LogP contribution < -0.4 is 20.5 Å². The second-order valence-corrected chi connectivity index (χ2v) is 9.48. The molecule has 11 nitrogen and oxygen atoms in total. The maximum absolute atomic E-state index is 14.6. The summed E-state index contributed by atoms with van der Waals surface area (Å²) in [6.45, 7) is 0.727. The maximum Gasteiger partial charge on any atom is 0.416 e. The number of carbonyl (C=O) groups excluding carboxylic acids is 2. The van der Waals surface area contributed by atoms with Crippen molar-refractivity contribution in [3.8, 4) is 5.75 Å². The lowest BCUT2D eigenvalue weighted by molar-refractivity contribution is -0.116. The third-order valence-corrected chi connectivity index (χ3v) is 7.04. The fraction of sp³-hybridized carbons (Fsp3) is 0.375. The summed E-state index contributed by atoms with van der Waals surface area (Å²) in [6, 6.07) is 5.76. The summed E-state index contributed by atoms with van der Waals surface area (Å²) in [5.41, 5.74) is 0.486. The maximum atomic E-state index is 14.6. The van der Waals surface area contributed by atoms with Crippen molar-refractivity contribution in [3.05, 3.63) is 52.3 Å². The van der Waals surface area contributed by atoms with Crippen LogP contribution in [0.1, 0.15) is 5.69 Å². The number of nitrogens with zero attached hydrogens (tertiary/aromatic N) is 4. The molecule has 5 rings (SSSR count). The number of benzene rings is 1. The molecule has 38 heavy (non-hydrogen) atoms. The van der Waals surface area contributed by atoms with Crippen molar-refractivity contribution < 1.29 is 28.6 Å². The first-order valence-corrected chi connectivity index (χ1v) is 12.7. The van der Waals surface area contributed by atoms with Crippen LogP contribution in [-0.2, 0) is 22.5 Å². The number of aromatic nitrogens is 3. The van der Waals surface area contributed by atoms with Gasteiger partial charge in [0.25, 0.3) is 5.56 Å². The molecule has 1 fully saturated rings. The molecule has 0 spiro atoms. The second kappa shape index (κ2) is 12.1. The van der Waals surface area contributed by atoms with Gasteiger partial charge < -0.3 is 24.5 Å². The highest BCUT2D eigenvalue weighted by Gasteiger charge is 2.34. The van der Waals surface area contributed by atoms with Gasteiger partial charge in [-0.2, -0.15) is 13.5 Å². The van der Waals surface area contributed by atoms with Gasteiger partial charge in [0.1, 0.15) is 23.5 Å². The summed E-state index contributed by atoms with van der Waals surface area (Å²) in [5.74, 6) is 0.102. The minimum absolute atomic E-state index is 0. The number of Topliss-reactive ketones (excluding diaryl/α,β-unsaturated/α-hetero) is 1. The van der Waals surface area contributed by atoms with E-state index in [-0.39, 0.29) is 68.8 Å². The van der Waals surface area contributed by atoms with Crippen LogP contribution in [0.5, 0.6) is 5.75 Å². The van der Waals surface area contributed by atoms with Crippen molar-refractivity contribution in [1.82, 2.24) is 19.9 Å². The number of anilines is 1. The summed E-state index contributed by atoms with van der Waals surface area (Å²) in [6.07, 6.45) is 0.698. The van der Waals surface area contributed by atoms with E-state index in [1.54, 1.807) is 12.1 Å². The number of amides is 1. The van der Waals surface area contributed by atoms with Crippen molar-refractivity contribution in [2.75, 3.05) is 43.5 Å². The van der Waals surface area contributed by atoms with Crippen LogP contribution in [0.4, 0.5) is 15.0 Å². The van der Waals surface area contributed by atoms with Gasteiger partial charge in [-0.15, -0.1) is 0 Å². The van der Waals surface area contributed by atoms with E-state index in [4.69, 9.17) is 9.47 Å². The molecule has 202 valence electrons. The average Bonchev–Trinajstić information content (AvgIpc) is 3.26. The minimum atomic E-state index is -0.614. The van der Waals surface area contributed by atoms with Crippen LogP contribution >= 0.6 is 25.3 Å². The van der Waals surface area contributed by atoms with Crippen molar-refractivity contribution in [1.29, 1.82) is 0 Å². The number of hydrogen-bond acceptors (Lipinski definition) is 10. The van der Waals surface area contributed by atoms with Crippen molar-refractivity contribution in [3.63, 3.8) is 0 Å². The Morgan fingerprint density at radius 2 is 2.05 bits per heavy atom. The number of aliphatic hydroxyl groups is 1. The first-order valence-electron chi connectivity index (χ1n) is 11.7. The van der Waals surface area contributed by atoms with Gasteiger partial charge in [-0.1, -0.05) is 11.8 Å². The number of pyridine rings is 1. The Balaban J connectivity index is 0.00000336. The number of fused-ring (bicyclic) bond motifs is 2. The molecule has 0 bridgehead atoms. The zero-order valence-electron chi connectivity index (χ0n) is 20.2. The van der Waals surface area contributed by atoms with Gasteiger partial charge in [0.05, 0.1) is 42.7 Å². The van der Waals surface area contributed by atoms with Crippen LogP contribution in [0.2, 0.25) is 0 Å². The predicted molar refractivity (Wildman–Crippen MR) is 143 cm³/mol. The van der Waals surface area contributed by atoms with E-state index >= 15 is 0 Å². The van der Waals surface area contributed by atoms with E-state index in [2.05, 4.69) is 15.3 Å². The lowest BCUT2D eigenvalue weighted by Crippen LogP contribution is -2.33. The fourth-order valence-electron chi connectivity index (χ4n) is 4.26. The molecular formula is C24H26FN5O6S2. The van der Waals surface area contributed by atoms with E-state index < -0.39 is 18.0 Å². The molecule has 1 amide bonds. The molecule has 4 heterocycles. The van der Waals surface area contributed by atoms with E-state index in [1.165, 1.54) is 39.6 Å². The zero-order chi connectivity index (χ0) is 25.9. The molecule has 1 saturated heterocycles. The highest BCUT2D eigenvalue weighted by atomic mass is 32.2. The van der Waals surface area contributed by atoms with Crippen molar-refractivity contribution in [2.24, 2.45) is 0 Å². The van der Waals surface area contributed by atoms with Crippen molar-refractivity contribution in [2.45, 2.75) is 24.1 Å². The van der Waals surface area contributed by atoms with Crippen LogP contribution in [0.3, 0.4) is 0 Å². The summed E-state index contributed by atoms with van der Waals surface area (Å²) in [7, 11) is 0. The molecule has 1 atom stereocenters. The standard InChI is InChI=1S/C24H24FN5O6S.H2S/c25-17-3-1-14-2-4-20(33)29(6-7-31)21(14)22(17)35-8-5-26-10-16-12-30(24(34)36-16)19-11-27-23-18(28-19)9-15(32)13-37-23;/h1-4,11,16,26,31H,5-10,12-13H2;1H2/t16-;/m0./s1. The normalized spacial score (nSPS) is 16.8. The van der Waals surface area contributed by atoms with Gasteiger partial charge >= 0.3 is 6.09 Å². The number of cyclic esters (lactones) is 1. The number of ketones is 1. The summed E-state index contributed by atoms with van der Waals surface area (Å²) >= 11 is 1.34. The Bertz CT molecular complexity index is 1420. The SMILES string of the molecule is O=C1CSc2ncc(N3C[C@H](CNCCOc4c(F)ccc5ccc(=O)n(CCO)c45)OC3=O)nc2C1.S. The van der Waals surface area contributed by atoms with Gasteiger partial charge in [-0.3, -0.25) is 14.5 Å². The van der Waals surface area contributed by atoms with E-state index in [1.807, 2.05) is 0 Å². The number of carbonyl (C=O) groups is 2. The molecule has 2 aromatic heterocycles. The van der Waals surface area contributed by atoms with Gasteiger partial charge in [0.15, 0.2) is 17.4 Å². The fourth-order valence-corrected chi connectivity index (χ4v) is 5.07. The third-order valence-electron chi connectivity index (χ3n) is 5.96. The average molecular weight is 564 g/mol. The largest absolute Gasteiger partial charge is 0.487 e. The van der Waals surface area contributed by atoms with Crippen LogP contribution in [0.15, 0.2) is 40.3 Å². The predicted octanol–water partition coefficient (Wildman–Crippen LogP) is 1.25. The van der Waals surface area contributed by atoms with Gasteiger partial charge in [0.2, 0.25) is 0 Å². The zero-order valence-corrected chi connectivity index (χ0v) is 22.0. The van der Waals surface area contributed by atoms with Gasteiger partial charge in [-0.05, 0) is 18.2 Å². The molecule has 2 aliphatic rings. The topological polar surface area (TPSA) is 136 Å². The molecular weight excluding hydrogens is 537 g/mol. The molecule has 2 aliphatic heterocycles. The number of hydrogen-bond donors (Lipinski definition) is 2. The molecule has 1 aromatic carbocycles. The molecule has 14 heteroatoms. The minimum Gasteiger partial charge on any atom is -0.487 e. The first kappa shape index (κ1) is 27.8. The van der Waals surface area contributed by atoms with E-state index in [9.17, 15) is 23.9 Å². The number of nitrogens with one attached hydrogen (secondary N) is 1. The van der Waals surface area contributed by atoms with Crippen LogP contribution in [0, 0.1) is 5.82 Å². The second-order valence-electron chi connectivity index (χ2n) is 8.51. The first-order chi connectivity index (χ1) is 17.9. The molecule has 0 saturated carbocycles. The summed E-state index contributed by atoms with van der Waals surface area (Å²) in [5, 5.41) is 13.8. The lowest BCUT2D eigenvalue weighted by atomic mass is 10.2. The molecule has 2 N–H and O–H groups in total. The summed E-state index contributed by atoms with van der Waals surface area (Å²) < 4.78 is 27.0. The lowest BCUT2D eigenvalue weighted by Gasteiger charge is -2.17. The quantitative estimate of drug-likeness (QED) is 0.366.